The molecule has 0 radical (unpaired) electrons. The Morgan fingerprint density at radius 3 is 2.47 bits per heavy atom. The van der Waals surface area contributed by atoms with Gasteiger partial charge in [-0.1, -0.05) is 0 Å². The highest BCUT2D eigenvalue weighted by molar-refractivity contribution is 5.28. The third-order valence-corrected chi connectivity index (χ3v) is 3.20. The molecular weight excluding hydrogens is 186 g/mol. The van der Waals surface area contributed by atoms with Crippen molar-refractivity contribution < 1.29 is 0 Å². The second-order valence-electron chi connectivity index (χ2n) is 4.11. The molecule has 0 bridgehead atoms. The fourth-order valence-electron chi connectivity index (χ4n) is 2.16. The highest BCUT2D eigenvalue weighted by atomic mass is 15.2. The highest BCUT2D eigenvalue weighted by Gasteiger charge is 2.35. The van der Waals surface area contributed by atoms with Gasteiger partial charge in [0.25, 0.3) is 0 Å². The van der Waals surface area contributed by atoms with E-state index in [1.165, 1.54) is 12.8 Å². The molecule has 2 heterocycles. The molecule has 1 aliphatic rings. The minimum atomic E-state index is -0.487. The van der Waals surface area contributed by atoms with Crippen LogP contribution >= 0.6 is 0 Å². The number of nitriles is 1. The normalized spacial score (nSPS) is 20.8. The number of pyridine rings is 1. The summed E-state index contributed by atoms with van der Waals surface area (Å²) in [6, 6.07) is 6.30. The summed E-state index contributed by atoms with van der Waals surface area (Å²) < 4.78 is 0. The molecular formula is C12H15N3. The molecule has 0 spiro atoms. The van der Waals surface area contributed by atoms with Crippen molar-refractivity contribution >= 4 is 0 Å². The molecule has 0 aromatic carbocycles. The molecule has 1 fully saturated rings. The number of hydrogen-bond donors (Lipinski definition) is 0. The van der Waals surface area contributed by atoms with Crippen LogP contribution in [-0.4, -0.2) is 23.0 Å². The van der Waals surface area contributed by atoms with Gasteiger partial charge in [-0.3, -0.25) is 9.88 Å². The first-order valence-corrected chi connectivity index (χ1v) is 5.34. The fraction of sp³-hybridized carbons (Fsp3) is 0.500. The Labute approximate surface area is 90.4 Å². The summed E-state index contributed by atoms with van der Waals surface area (Å²) in [5.41, 5.74) is 0.557. The maximum absolute atomic E-state index is 9.39. The number of rotatable bonds is 2. The van der Waals surface area contributed by atoms with E-state index in [2.05, 4.69) is 16.0 Å². The smallest absolute Gasteiger partial charge is 0.132 e. The van der Waals surface area contributed by atoms with Crippen LogP contribution in [0.25, 0.3) is 0 Å². The van der Waals surface area contributed by atoms with E-state index in [9.17, 15) is 5.26 Å². The van der Waals surface area contributed by atoms with Crippen LogP contribution in [0.1, 0.15) is 25.3 Å². The van der Waals surface area contributed by atoms with Gasteiger partial charge in [0.1, 0.15) is 5.54 Å². The van der Waals surface area contributed by atoms with Gasteiger partial charge in [-0.15, -0.1) is 0 Å². The summed E-state index contributed by atoms with van der Waals surface area (Å²) in [6.07, 6.45) is 5.90. The molecule has 1 aromatic heterocycles. The van der Waals surface area contributed by atoms with E-state index >= 15 is 0 Å². The molecule has 3 heteroatoms. The largest absolute Gasteiger partial charge is 0.282 e. The van der Waals surface area contributed by atoms with E-state index in [1.807, 2.05) is 19.1 Å². The first-order chi connectivity index (χ1) is 7.27. The molecule has 0 N–H and O–H groups in total. The number of aromatic nitrogens is 1. The fourth-order valence-corrected chi connectivity index (χ4v) is 2.16. The van der Waals surface area contributed by atoms with Gasteiger partial charge in [-0.25, -0.2) is 0 Å². The molecule has 0 amide bonds. The molecule has 1 aliphatic heterocycles. The molecule has 15 heavy (non-hydrogen) atoms. The Morgan fingerprint density at radius 1 is 1.33 bits per heavy atom. The maximum Gasteiger partial charge on any atom is 0.132 e. The summed E-state index contributed by atoms with van der Waals surface area (Å²) >= 11 is 0. The van der Waals surface area contributed by atoms with Crippen LogP contribution in [0.2, 0.25) is 0 Å². The van der Waals surface area contributed by atoms with Crippen LogP contribution < -0.4 is 0 Å². The quantitative estimate of drug-likeness (QED) is 0.734. The first kappa shape index (κ1) is 10.1. The third-order valence-electron chi connectivity index (χ3n) is 3.20. The minimum absolute atomic E-state index is 0.487. The molecule has 2 rings (SSSR count). The van der Waals surface area contributed by atoms with Crippen molar-refractivity contribution in [2.75, 3.05) is 13.1 Å². The van der Waals surface area contributed by atoms with E-state index in [0.717, 1.165) is 18.7 Å². The average molecular weight is 201 g/mol. The number of likely N-dealkylation sites (tertiary alicyclic amines) is 1. The zero-order valence-electron chi connectivity index (χ0n) is 8.98. The van der Waals surface area contributed by atoms with Gasteiger partial charge < -0.3 is 0 Å². The van der Waals surface area contributed by atoms with Crippen LogP contribution in [0.5, 0.6) is 0 Å². The second kappa shape index (κ2) is 4.00. The molecule has 3 nitrogen and oxygen atoms in total. The Hall–Kier alpha value is -1.40. The Balaban J connectivity index is 2.33. The van der Waals surface area contributed by atoms with Gasteiger partial charge in [0, 0.05) is 12.4 Å². The second-order valence-corrected chi connectivity index (χ2v) is 4.11. The van der Waals surface area contributed by atoms with Gasteiger partial charge >= 0.3 is 0 Å². The zero-order valence-corrected chi connectivity index (χ0v) is 8.98. The van der Waals surface area contributed by atoms with Gasteiger partial charge in [0.2, 0.25) is 0 Å². The van der Waals surface area contributed by atoms with Crippen molar-refractivity contribution in [2.45, 2.75) is 25.3 Å². The molecule has 1 aromatic rings. The lowest BCUT2D eigenvalue weighted by atomic mass is 9.93. The van der Waals surface area contributed by atoms with E-state index < -0.39 is 5.54 Å². The molecule has 1 atom stereocenters. The monoisotopic (exact) mass is 201 g/mol. The predicted octanol–water partition coefficient (Wildman–Crippen LogP) is 1.92. The molecule has 78 valence electrons. The van der Waals surface area contributed by atoms with E-state index in [0.29, 0.717) is 0 Å². The number of nitrogens with zero attached hydrogens (tertiary/aromatic N) is 3. The summed E-state index contributed by atoms with van der Waals surface area (Å²) in [5, 5.41) is 9.39. The Kier molecular flexibility index (Phi) is 2.70. The first-order valence-electron chi connectivity index (χ1n) is 5.34. The summed E-state index contributed by atoms with van der Waals surface area (Å²) in [6.45, 7) is 4.03. The van der Waals surface area contributed by atoms with Crippen molar-refractivity contribution in [3.05, 3.63) is 30.1 Å². The van der Waals surface area contributed by atoms with Crippen LogP contribution in [0.4, 0.5) is 0 Å². The van der Waals surface area contributed by atoms with E-state index in [1.54, 1.807) is 12.4 Å². The molecule has 0 aliphatic carbocycles. The maximum atomic E-state index is 9.39. The van der Waals surface area contributed by atoms with Gasteiger partial charge in [-0.2, -0.15) is 5.26 Å². The topological polar surface area (TPSA) is 39.9 Å². The van der Waals surface area contributed by atoms with Crippen molar-refractivity contribution in [2.24, 2.45) is 0 Å². The minimum Gasteiger partial charge on any atom is -0.282 e. The van der Waals surface area contributed by atoms with Crippen LogP contribution in [0.15, 0.2) is 24.5 Å². The molecule has 1 unspecified atom stereocenters. The summed E-state index contributed by atoms with van der Waals surface area (Å²) in [7, 11) is 0. The standard InChI is InChI=1S/C12H15N3/c1-12(10-13,15-8-2-3-9-15)11-4-6-14-7-5-11/h4-7H,2-3,8-9H2,1H3. The lowest BCUT2D eigenvalue weighted by Gasteiger charge is -2.32. The van der Waals surface area contributed by atoms with Crippen LogP contribution in [0, 0.1) is 11.3 Å². The average Bonchev–Trinajstić information content (AvgIpc) is 2.83. The molecule has 0 saturated carbocycles. The van der Waals surface area contributed by atoms with Crippen LogP contribution in [-0.2, 0) is 5.54 Å². The Morgan fingerprint density at radius 2 is 1.93 bits per heavy atom. The lowest BCUT2D eigenvalue weighted by Crippen LogP contribution is -2.40. The van der Waals surface area contributed by atoms with E-state index in [4.69, 9.17) is 0 Å². The summed E-state index contributed by atoms with van der Waals surface area (Å²) in [5.74, 6) is 0. The SMILES string of the molecule is CC(C#N)(c1ccncc1)N1CCCC1. The van der Waals surface area contributed by atoms with Crippen molar-refractivity contribution in [1.29, 1.82) is 5.26 Å². The van der Waals surface area contributed by atoms with Crippen molar-refractivity contribution in [1.82, 2.24) is 9.88 Å². The van der Waals surface area contributed by atoms with Crippen molar-refractivity contribution in [3.63, 3.8) is 0 Å². The van der Waals surface area contributed by atoms with Gasteiger partial charge in [0.15, 0.2) is 0 Å². The van der Waals surface area contributed by atoms with E-state index in [-0.39, 0.29) is 0 Å². The number of hydrogen-bond acceptors (Lipinski definition) is 3. The zero-order chi connectivity index (χ0) is 10.7. The Bertz CT molecular complexity index is 362. The summed E-state index contributed by atoms with van der Waals surface area (Å²) in [4.78, 5) is 6.24. The third kappa shape index (κ3) is 1.73. The van der Waals surface area contributed by atoms with Gasteiger partial charge in [-0.05, 0) is 50.6 Å². The predicted molar refractivity (Wildman–Crippen MR) is 58.0 cm³/mol. The van der Waals surface area contributed by atoms with Gasteiger partial charge in [0.05, 0.1) is 6.07 Å². The lowest BCUT2D eigenvalue weighted by molar-refractivity contribution is 0.193. The van der Waals surface area contributed by atoms with Crippen LogP contribution in [0.3, 0.4) is 0 Å². The molecule has 1 saturated heterocycles. The highest BCUT2D eigenvalue weighted by Crippen LogP contribution is 2.30. The van der Waals surface area contributed by atoms with Crippen molar-refractivity contribution in [3.8, 4) is 6.07 Å².